The van der Waals surface area contributed by atoms with Crippen molar-refractivity contribution >= 4 is 0 Å². The van der Waals surface area contributed by atoms with Gasteiger partial charge in [0.15, 0.2) is 0 Å². The number of nitrogens with zero attached hydrogens (tertiary/aromatic N) is 2. The first kappa shape index (κ1) is 18.2. The predicted molar refractivity (Wildman–Crippen MR) is 91.9 cm³/mol. The van der Waals surface area contributed by atoms with Crippen LogP contribution in [0.2, 0.25) is 0 Å². The van der Waals surface area contributed by atoms with Crippen LogP contribution in [-0.4, -0.2) is 22.9 Å². The monoisotopic (exact) mass is 293 g/mol. The standard InChI is InChI=1S/C18H35N3/c1-5-7-8-9-10-11-12-15-21-17(4)18(16(3)20-21)13-14-19-6-2/h19H,5-15H2,1-4H3. The Labute approximate surface area is 131 Å². The molecule has 0 aliphatic carbocycles. The summed E-state index contributed by atoms with van der Waals surface area (Å²) in [6, 6.07) is 0. The zero-order chi connectivity index (χ0) is 15.5. The Morgan fingerprint density at radius 3 is 2.29 bits per heavy atom. The predicted octanol–water partition coefficient (Wildman–Crippen LogP) is 4.40. The highest BCUT2D eigenvalue weighted by molar-refractivity contribution is 5.24. The van der Waals surface area contributed by atoms with E-state index in [1.54, 1.807) is 0 Å². The van der Waals surface area contributed by atoms with E-state index < -0.39 is 0 Å². The van der Waals surface area contributed by atoms with Crippen molar-refractivity contribution in [3.8, 4) is 0 Å². The van der Waals surface area contributed by atoms with E-state index in [-0.39, 0.29) is 0 Å². The van der Waals surface area contributed by atoms with Crippen LogP contribution in [0.1, 0.15) is 75.7 Å². The molecule has 0 atom stereocenters. The highest BCUT2D eigenvalue weighted by Gasteiger charge is 2.10. The maximum absolute atomic E-state index is 4.73. The van der Waals surface area contributed by atoms with Gasteiger partial charge in [-0.25, -0.2) is 0 Å². The average molecular weight is 293 g/mol. The van der Waals surface area contributed by atoms with Gasteiger partial charge in [0.1, 0.15) is 0 Å². The first-order chi connectivity index (χ1) is 10.2. The number of hydrogen-bond acceptors (Lipinski definition) is 2. The molecule has 0 amide bonds. The number of unbranched alkanes of at least 4 members (excludes halogenated alkanes) is 6. The molecule has 1 heterocycles. The number of aryl methyl sites for hydroxylation is 2. The minimum Gasteiger partial charge on any atom is -0.317 e. The normalized spacial score (nSPS) is 11.2. The van der Waals surface area contributed by atoms with Gasteiger partial charge >= 0.3 is 0 Å². The van der Waals surface area contributed by atoms with Crippen molar-refractivity contribution in [3.05, 3.63) is 17.0 Å². The zero-order valence-electron chi connectivity index (χ0n) is 14.7. The van der Waals surface area contributed by atoms with Gasteiger partial charge in [-0.05, 0) is 45.3 Å². The molecule has 1 aromatic heterocycles. The van der Waals surface area contributed by atoms with E-state index in [0.29, 0.717) is 0 Å². The highest BCUT2D eigenvalue weighted by atomic mass is 15.3. The summed E-state index contributed by atoms with van der Waals surface area (Å²) in [6.07, 6.45) is 10.6. The molecule has 21 heavy (non-hydrogen) atoms. The summed E-state index contributed by atoms with van der Waals surface area (Å²) in [7, 11) is 0. The fourth-order valence-corrected chi connectivity index (χ4v) is 2.92. The Balaban J connectivity index is 2.30. The van der Waals surface area contributed by atoms with Crippen LogP contribution < -0.4 is 5.32 Å². The number of nitrogens with one attached hydrogen (secondary N) is 1. The fourth-order valence-electron chi connectivity index (χ4n) is 2.92. The molecular formula is C18H35N3. The molecule has 0 aromatic carbocycles. The van der Waals surface area contributed by atoms with Gasteiger partial charge in [0.05, 0.1) is 5.69 Å². The second kappa shape index (κ2) is 10.8. The Hall–Kier alpha value is -0.830. The lowest BCUT2D eigenvalue weighted by molar-refractivity contribution is 0.514. The quantitative estimate of drug-likeness (QED) is 0.579. The van der Waals surface area contributed by atoms with E-state index in [0.717, 1.165) is 26.1 Å². The molecule has 0 unspecified atom stereocenters. The molecule has 1 rings (SSSR count). The number of rotatable bonds is 12. The third-order valence-corrected chi connectivity index (χ3v) is 4.31. The van der Waals surface area contributed by atoms with Crippen LogP contribution in [0, 0.1) is 13.8 Å². The van der Waals surface area contributed by atoms with Crippen molar-refractivity contribution in [1.29, 1.82) is 0 Å². The highest BCUT2D eigenvalue weighted by Crippen LogP contribution is 2.15. The van der Waals surface area contributed by atoms with Crippen LogP contribution in [0.15, 0.2) is 0 Å². The third-order valence-electron chi connectivity index (χ3n) is 4.31. The fraction of sp³-hybridized carbons (Fsp3) is 0.833. The van der Waals surface area contributed by atoms with Gasteiger partial charge in [0, 0.05) is 12.2 Å². The van der Waals surface area contributed by atoms with Crippen molar-refractivity contribution < 1.29 is 0 Å². The van der Waals surface area contributed by atoms with Gasteiger partial charge in [-0.2, -0.15) is 5.10 Å². The molecule has 0 saturated carbocycles. The van der Waals surface area contributed by atoms with Crippen LogP contribution in [0.5, 0.6) is 0 Å². The minimum absolute atomic E-state index is 1.05. The maximum atomic E-state index is 4.73. The third kappa shape index (κ3) is 6.64. The molecule has 0 spiro atoms. The molecule has 0 fully saturated rings. The molecule has 0 aliphatic heterocycles. The number of likely N-dealkylation sites (N-methyl/N-ethyl adjacent to an activating group) is 1. The molecule has 1 aromatic rings. The van der Waals surface area contributed by atoms with E-state index in [9.17, 15) is 0 Å². The maximum Gasteiger partial charge on any atom is 0.0628 e. The van der Waals surface area contributed by atoms with Crippen LogP contribution in [0.4, 0.5) is 0 Å². The molecule has 0 radical (unpaired) electrons. The SMILES string of the molecule is CCCCCCCCCn1nc(C)c(CCNCC)c1C. The van der Waals surface area contributed by atoms with Gasteiger partial charge in [-0.3, -0.25) is 4.68 Å². The minimum atomic E-state index is 1.05. The Bertz CT molecular complexity index is 382. The first-order valence-corrected chi connectivity index (χ1v) is 8.94. The number of aromatic nitrogens is 2. The average Bonchev–Trinajstić information content (AvgIpc) is 2.74. The molecule has 122 valence electrons. The van der Waals surface area contributed by atoms with E-state index in [1.165, 1.54) is 61.9 Å². The molecule has 0 aliphatic rings. The second-order valence-electron chi connectivity index (χ2n) is 6.10. The van der Waals surface area contributed by atoms with Crippen molar-refractivity contribution in [1.82, 2.24) is 15.1 Å². The van der Waals surface area contributed by atoms with Crippen LogP contribution in [-0.2, 0) is 13.0 Å². The summed E-state index contributed by atoms with van der Waals surface area (Å²) in [5, 5.41) is 8.13. The second-order valence-corrected chi connectivity index (χ2v) is 6.10. The zero-order valence-corrected chi connectivity index (χ0v) is 14.7. The Morgan fingerprint density at radius 2 is 1.62 bits per heavy atom. The molecular weight excluding hydrogens is 258 g/mol. The Kier molecular flexibility index (Phi) is 9.40. The lowest BCUT2D eigenvalue weighted by Crippen LogP contribution is -2.16. The Morgan fingerprint density at radius 1 is 0.952 bits per heavy atom. The van der Waals surface area contributed by atoms with Crippen molar-refractivity contribution in [3.63, 3.8) is 0 Å². The summed E-state index contributed by atoms with van der Waals surface area (Å²) >= 11 is 0. The van der Waals surface area contributed by atoms with Crippen molar-refractivity contribution in [2.45, 2.75) is 85.6 Å². The van der Waals surface area contributed by atoms with E-state index in [1.807, 2.05) is 0 Å². The number of hydrogen-bond donors (Lipinski definition) is 1. The van der Waals surface area contributed by atoms with E-state index in [2.05, 4.69) is 37.7 Å². The summed E-state index contributed by atoms with van der Waals surface area (Å²) in [5.41, 5.74) is 4.03. The molecule has 0 bridgehead atoms. The van der Waals surface area contributed by atoms with Gasteiger partial charge < -0.3 is 5.32 Å². The van der Waals surface area contributed by atoms with Crippen molar-refractivity contribution in [2.75, 3.05) is 13.1 Å². The first-order valence-electron chi connectivity index (χ1n) is 8.94. The topological polar surface area (TPSA) is 29.9 Å². The van der Waals surface area contributed by atoms with Crippen molar-refractivity contribution in [2.24, 2.45) is 0 Å². The summed E-state index contributed by atoms with van der Waals surface area (Å²) in [6.45, 7) is 12.0. The molecule has 0 saturated heterocycles. The van der Waals surface area contributed by atoms with Crippen LogP contribution >= 0.6 is 0 Å². The van der Waals surface area contributed by atoms with Crippen LogP contribution in [0.25, 0.3) is 0 Å². The van der Waals surface area contributed by atoms with E-state index in [4.69, 9.17) is 5.10 Å². The largest absolute Gasteiger partial charge is 0.317 e. The van der Waals surface area contributed by atoms with Gasteiger partial charge in [-0.15, -0.1) is 0 Å². The lowest BCUT2D eigenvalue weighted by atomic mass is 10.1. The van der Waals surface area contributed by atoms with Gasteiger partial charge in [-0.1, -0.05) is 52.4 Å². The molecule has 1 N–H and O–H groups in total. The summed E-state index contributed by atoms with van der Waals surface area (Å²) in [4.78, 5) is 0. The van der Waals surface area contributed by atoms with E-state index >= 15 is 0 Å². The smallest absolute Gasteiger partial charge is 0.0628 e. The van der Waals surface area contributed by atoms with Gasteiger partial charge in [0.25, 0.3) is 0 Å². The molecule has 3 heteroatoms. The van der Waals surface area contributed by atoms with Gasteiger partial charge in [0.2, 0.25) is 0 Å². The summed E-state index contributed by atoms with van der Waals surface area (Å²) in [5.74, 6) is 0. The lowest BCUT2D eigenvalue weighted by Gasteiger charge is -2.06. The molecule has 3 nitrogen and oxygen atoms in total. The summed E-state index contributed by atoms with van der Waals surface area (Å²) < 4.78 is 2.22. The van der Waals surface area contributed by atoms with Crippen LogP contribution in [0.3, 0.4) is 0 Å².